The molecule has 3 heterocycles. The molecule has 0 aliphatic carbocycles. The van der Waals surface area contributed by atoms with Crippen LogP contribution in [-0.4, -0.2) is 72.7 Å². The molecule has 8 atom stereocenters. The number of carbonyl (C=O) groups is 4. The predicted molar refractivity (Wildman–Crippen MR) is 204 cm³/mol. The first-order valence-electron chi connectivity index (χ1n) is 21.3. The first kappa shape index (κ1) is 44.9. The van der Waals surface area contributed by atoms with Gasteiger partial charge in [-0.25, -0.2) is 4.79 Å². The number of rotatable bonds is 28. The van der Waals surface area contributed by atoms with Crippen molar-refractivity contribution < 1.29 is 47.6 Å². The van der Waals surface area contributed by atoms with Gasteiger partial charge in [0.1, 0.15) is 24.4 Å². The SMILES string of the molecule is CCCCCCCCCC[C@@H](OC(C)=O)[C@@H]1CC[C@@H]([C@@H]2CC[C@@H]([C@H](CCCC[C@@H](CCCCCCCC3=C[C@@H](C)OC3=O)OC(C)=O)OC(C)=O)O2)O1. The van der Waals surface area contributed by atoms with Crippen molar-refractivity contribution in [3.63, 3.8) is 0 Å². The maximum Gasteiger partial charge on any atom is 0.334 e. The third-order valence-corrected chi connectivity index (χ3v) is 11.0. The minimum Gasteiger partial charge on any atom is -0.463 e. The van der Waals surface area contributed by atoms with Gasteiger partial charge in [-0.15, -0.1) is 0 Å². The van der Waals surface area contributed by atoms with Crippen LogP contribution in [0, 0.1) is 0 Å². The molecule has 2 fully saturated rings. The van der Waals surface area contributed by atoms with Crippen molar-refractivity contribution in [2.24, 2.45) is 0 Å². The highest BCUT2D eigenvalue weighted by molar-refractivity contribution is 5.90. The van der Waals surface area contributed by atoms with Gasteiger partial charge in [0.05, 0.1) is 24.4 Å². The van der Waals surface area contributed by atoms with E-state index in [0.717, 1.165) is 115 Å². The molecule has 0 aromatic carbocycles. The quantitative estimate of drug-likeness (QED) is 0.0434. The zero-order valence-corrected chi connectivity index (χ0v) is 33.7. The van der Waals surface area contributed by atoms with Crippen molar-refractivity contribution in [2.45, 2.75) is 238 Å². The molecule has 0 saturated carbocycles. The molecule has 10 nitrogen and oxygen atoms in total. The molecule has 0 amide bonds. The largest absolute Gasteiger partial charge is 0.463 e. The number of carbonyl (C=O) groups excluding carboxylic acids is 4. The standard InChI is InChI=1S/C43H72O10/c1-6-7-8-9-10-11-15-18-24-37(50-33(4)45)39-26-28-41(52-39)42-29-27-40(53-42)38(51-34(5)46)25-20-19-23-36(49-32(3)44)22-17-14-12-13-16-21-35-30-31(2)48-43(35)47/h30-31,36-42H,6-29H2,1-5H3/t31-,36-,37-,38+,39+,40+,41+,42+/m1/s1. The van der Waals surface area contributed by atoms with Crippen LogP contribution in [0.15, 0.2) is 11.6 Å². The van der Waals surface area contributed by atoms with Gasteiger partial charge >= 0.3 is 23.9 Å². The average Bonchev–Trinajstić information content (AvgIpc) is 3.86. The van der Waals surface area contributed by atoms with Crippen LogP contribution in [0.5, 0.6) is 0 Å². The molecule has 0 N–H and O–H groups in total. The van der Waals surface area contributed by atoms with E-state index in [2.05, 4.69) is 6.92 Å². The van der Waals surface area contributed by atoms with Crippen molar-refractivity contribution >= 4 is 23.9 Å². The van der Waals surface area contributed by atoms with Crippen LogP contribution in [0.4, 0.5) is 0 Å². The number of hydrogen-bond acceptors (Lipinski definition) is 10. The Kier molecular flexibility index (Phi) is 21.7. The van der Waals surface area contributed by atoms with Crippen LogP contribution in [0.3, 0.4) is 0 Å². The number of esters is 4. The van der Waals surface area contributed by atoms with Gasteiger partial charge in [-0.2, -0.15) is 0 Å². The van der Waals surface area contributed by atoms with Crippen LogP contribution in [0.1, 0.15) is 189 Å². The van der Waals surface area contributed by atoms with Crippen LogP contribution >= 0.6 is 0 Å². The van der Waals surface area contributed by atoms with E-state index < -0.39 is 0 Å². The van der Waals surface area contributed by atoms with E-state index in [1.165, 1.54) is 59.3 Å². The Labute approximate surface area is 320 Å². The summed E-state index contributed by atoms with van der Waals surface area (Å²) in [6.07, 6.45) is 24.6. The van der Waals surface area contributed by atoms with Gasteiger partial charge in [-0.3, -0.25) is 14.4 Å². The maximum atomic E-state index is 12.1. The van der Waals surface area contributed by atoms with E-state index >= 15 is 0 Å². The third-order valence-electron chi connectivity index (χ3n) is 11.0. The first-order chi connectivity index (χ1) is 25.5. The van der Waals surface area contributed by atoms with Gasteiger partial charge in [0.25, 0.3) is 0 Å². The van der Waals surface area contributed by atoms with E-state index in [4.69, 9.17) is 28.4 Å². The molecule has 0 aromatic rings. The fourth-order valence-corrected chi connectivity index (χ4v) is 8.27. The maximum absolute atomic E-state index is 12.1. The number of cyclic esters (lactones) is 1. The second-order valence-corrected chi connectivity index (χ2v) is 15.8. The number of unbranched alkanes of at least 4 members (excludes halogenated alkanes) is 12. The molecule has 2 saturated heterocycles. The van der Waals surface area contributed by atoms with Gasteiger partial charge < -0.3 is 28.4 Å². The van der Waals surface area contributed by atoms with E-state index in [9.17, 15) is 19.2 Å². The van der Waals surface area contributed by atoms with E-state index in [1.54, 1.807) is 0 Å². The number of hydrogen-bond donors (Lipinski definition) is 0. The summed E-state index contributed by atoms with van der Waals surface area (Å²) in [6.45, 7) is 8.51. The third kappa shape index (κ3) is 18.2. The molecule has 10 heteroatoms. The lowest BCUT2D eigenvalue weighted by Gasteiger charge is -2.27. The minimum atomic E-state index is -0.331. The Morgan fingerprint density at radius 2 is 1.06 bits per heavy atom. The second-order valence-electron chi connectivity index (χ2n) is 15.8. The van der Waals surface area contributed by atoms with Crippen molar-refractivity contribution in [2.75, 3.05) is 0 Å². The lowest BCUT2D eigenvalue weighted by molar-refractivity contribution is -0.164. The van der Waals surface area contributed by atoms with Crippen LogP contribution in [0.25, 0.3) is 0 Å². The molecule has 3 aliphatic heterocycles. The zero-order chi connectivity index (χ0) is 38.4. The van der Waals surface area contributed by atoms with Gasteiger partial charge in [0.15, 0.2) is 0 Å². The highest BCUT2D eigenvalue weighted by Crippen LogP contribution is 2.36. The molecule has 0 unspecified atom stereocenters. The summed E-state index contributed by atoms with van der Waals surface area (Å²) in [5.41, 5.74) is 0.800. The fraction of sp³-hybridized carbons (Fsp3) is 0.860. The van der Waals surface area contributed by atoms with Gasteiger partial charge in [0.2, 0.25) is 0 Å². The summed E-state index contributed by atoms with van der Waals surface area (Å²) in [5, 5.41) is 0. The monoisotopic (exact) mass is 749 g/mol. The highest BCUT2D eigenvalue weighted by atomic mass is 16.6. The van der Waals surface area contributed by atoms with Crippen molar-refractivity contribution in [1.82, 2.24) is 0 Å². The normalized spacial score (nSPS) is 24.4. The van der Waals surface area contributed by atoms with E-state index in [-0.39, 0.29) is 72.7 Å². The molecule has 3 rings (SSSR count). The van der Waals surface area contributed by atoms with Crippen LogP contribution < -0.4 is 0 Å². The first-order valence-corrected chi connectivity index (χ1v) is 21.3. The molecule has 0 aromatic heterocycles. The predicted octanol–water partition coefficient (Wildman–Crippen LogP) is 9.57. The Hall–Kier alpha value is -2.46. The van der Waals surface area contributed by atoms with Gasteiger partial charge in [-0.05, 0) is 103 Å². The molecular formula is C43H72O10. The molecular weight excluding hydrogens is 676 g/mol. The lowest BCUT2D eigenvalue weighted by Crippen LogP contribution is -2.35. The molecule has 3 aliphatic rings. The summed E-state index contributed by atoms with van der Waals surface area (Å²) in [4.78, 5) is 47.6. The molecule has 304 valence electrons. The minimum absolute atomic E-state index is 0.0589. The summed E-state index contributed by atoms with van der Waals surface area (Å²) >= 11 is 0. The lowest BCUT2D eigenvalue weighted by atomic mass is 9.99. The average molecular weight is 749 g/mol. The van der Waals surface area contributed by atoms with Crippen molar-refractivity contribution in [3.05, 3.63) is 11.6 Å². The fourth-order valence-electron chi connectivity index (χ4n) is 8.27. The summed E-state index contributed by atoms with van der Waals surface area (Å²) in [5.74, 6) is -0.999. The molecule has 0 bridgehead atoms. The van der Waals surface area contributed by atoms with E-state index in [1.807, 2.05) is 13.0 Å². The van der Waals surface area contributed by atoms with Crippen molar-refractivity contribution in [3.8, 4) is 0 Å². The topological polar surface area (TPSA) is 124 Å². The van der Waals surface area contributed by atoms with E-state index in [0.29, 0.717) is 6.42 Å². The Morgan fingerprint density at radius 1 is 0.623 bits per heavy atom. The van der Waals surface area contributed by atoms with Crippen molar-refractivity contribution in [1.29, 1.82) is 0 Å². The molecule has 0 spiro atoms. The Morgan fingerprint density at radius 3 is 1.53 bits per heavy atom. The van der Waals surface area contributed by atoms with Crippen LogP contribution in [0.2, 0.25) is 0 Å². The summed E-state index contributed by atoms with van der Waals surface area (Å²) in [7, 11) is 0. The zero-order valence-electron chi connectivity index (χ0n) is 33.7. The highest BCUT2D eigenvalue weighted by Gasteiger charge is 2.42. The summed E-state index contributed by atoms with van der Waals surface area (Å²) < 4.78 is 35.4. The number of ether oxygens (including phenoxy) is 6. The Bertz CT molecular complexity index is 1120. The second kappa shape index (κ2) is 25.6. The Balaban J connectivity index is 1.36. The van der Waals surface area contributed by atoms with Crippen LogP contribution in [-0.2, 0) is 47.6 Å². The van der Waals surface area contributed by atoms with Gasteiger partial charge in [-0.1, -0.05) is 71.1 Å². The smallest absolute Gasteiger partial charge is 0.334 e. The molecule has 0 radical (unpaired) electrons. The summed E-state index contributed by atoms with van der Waals surface area (Å²) in [6, 6.07) is 0. The molecule has 53 heavy (non-hydrogen) atoms. The van der Waals surface area contributed by atoms with Gasteiger partial charge in [0, 0.05) is 26.3 Å².